The Morgan fingerprint density at radius 3 is 1.95 bits per heavy atom. The number of rotatable bonds is 12. The fraction of sp³-hybridized carbons (Fsp3) is 0.933. The molecule has 0 aromatic heterocycles. The van der Waals surface area contributed by atoms with E-state index in [1.165, 1.54) is 17.1 Å². The van der Waals surface area contributed by atoms with Gasteiger partial charge in [-0.25, -0.2) is 12.7 Å². The normalized spacial score (nSPS) is 13.3. The zero-order valence-electron chi connectivity index (χ0n) is 13.3. The van der Waals surface area contributed by atoms with Gasteiger partial charge < -0.3 is 0 Å². The first kappa shape index (κ1) is 19.4. The van der Waals surface area contributed by atoms with Crippen molar-refractivity contribution in [2.24, 2.45) is 0 Å². The molecule has 0 amide bonds. The summed E-state index contributed by atoms with van der Waals surface area (Å²) in [5, 5.41) is 8.32. The van der Waals surface area contributed by atoms with E-state index in [0.29, 0.717) is 19.5 Å². The van der Waals surface area contributed by atoms with E-state index < -0.39 is 15.3 Å². The molecule has 5 heteroatoms. The van der Waals surface area contributed by atoms with Crippen molar-refractivity contribution < 1.29 is 8.42 Å². The first-order chi connectivity index (χ1) is 9.54. The van der Waals surface area contributed by atoms with Crippen LogP contribution in [0, 0.1) is 11.3 Å². The largest absolute Gasteiger partial charge is 0.230 e. The highest BCUT2D eigenvalue weighted by atomic mass is 32.2. The summed E-state index contributed by atoms with van der Waals surface area (Å²) in [5.74, 6) is 0. The molecule has 4 nitrogen and oxygen atoms in total. The number of unbranched alkanes of at least 4 members (excludes halogenated alkanes) is 4. The Bertz CT molecular complexity index is 368. The van der Waals surface area contributed by atoms with Gasteiger partial charge in [-0.05, 0) is 19.3 Å². The van der Waals surface area contributed by atoms with Gasteiger partial charge in [0.1, 0.15) is 0 Å². The average Bonchev–Trinajstić information content (AvgIpc) is 2.42. The minimum Gasteiger partial charge on any atom is -0.211 e. The van der Waals surface area contributed by atoms with Crippen molar-refractivity contribution in [3.05, 3.63) is 0 Å². The van der Waals surface area contributed by atoms with Gasteiger partial charge >= 0.3 is 0 Å². The van der Waals surface area contributed by atoms with E-state index in [0.717, 1.165) is 32.1 Å². The molecule has 1 atom stereocenters. The molecule has 0 saturated carbocycles. The van der Waals surface area contributed by atoms with E-state index >= 15 is 0 Å². The minimum atomic E-state index is -3.46. The van der Waals surface area contributed by atoms with Crippen molar-refractivity contribution >= 4 is 10.0 Å². The monoisotopic (exact) mass is 302 g/mol. The summed E-state index contributed by atoms with van der Waals surface area (Å²) in [6.07, 6.45) is 7.35. The van der Waals surface area contributed by atoms with E-state index in [-0.39, 0.29) is 0 Å². The number of hydrogen-bond acceptors (Lipinski definition) is 3. The summed E-state index contributed by atoms with van der Waals surface area (Å²) in [6.45, 7) is 7.11. The van der Waals surface area contributed by atoms with Crippen LogP contribution in [0.2, 0.25) is 0 Å². The molecule has 0 radical (unpaired) electrons. The van der Waals surface area contributed by atoms with E-state index in [2.05, 4.69) is 6.92 Å². The highest BCUT2D eigenvalue weighted by Gasteiger charge is 2.30. The molecule has 118 valence electrons. The maximum atomic E-state index is 12.5. The molecule has 0 aromatic rings. The van der Waals surface area contributed by atoms with E-state index in [4.69, 9.17) is 0 Å². The van der Waals surface area contributed by atoms with Gasteiger partial charge in [0, 0.05) is 13.1 Å². The highest BCUT2D eigenvalue weighted by Crippen LogP contribution is 2.17. The molecular formula is C15H30N2O2S. The molecule has 0 fully saturated rings. The van der Waals surface area contributed by atoms with Crippen LogP contribution >= 0.6 is 0 Å². The lowest BCUT2D eigenvalue weighted by molar-refractivity contribution is 0.404. The lowest BCUT2D eigenvalue weighted by atomic mass is 10.1. The second-order valence-electron chi connectivity index (χ2n) is 5.26. The lowest BCUT2D eigenvalue weighted by Gasteiger charge is -2.23. The second-order valence-corrected chi connectivity index (χ2v) is 7.38. The third-order valence-corrected chi connectivity index (χ3v) is 5.52. The van der Waals surface area contributed by atoms with Crippen LogP contribution in [0.15, 0.2) is 0 Å². The molecule has 20 heavy (non-hydrogen) atoms. The third kappa shape index (κ3) is 6.71. The maximum Gasteiger partial charge on any atom is 0.230 e. The van der Waals surface area contributed by atoms with Crippen LogP contribution < -0.4 is 0 Å². The molecule has 0 heterocycles. The van der Waals surface area contributed by atoms with Gasteiger partial charge in [-0.2, -0.15) is 5.26 Å². The summed E-state index contributed by atoms with van der Waals surface area (Å²) in [6, 6.07) is 2.00. The molecule has 0 aliphatic carbocycles. The average molecular weight is 302 g/mol. The van der Waals surface area contributed by atoms with Crippen molar-refractivity contribution in [3.8, 4) is 6.07 Å². The van der Waals surface area contributed by atoms with Crippen LogP contribution in [0.5, 0.6) is 0 Å². The first-order valence-electron chi connectivity index (χ1n) is 7.93. The van der Waals surface area contributed by atoms with E-state index in [1.54, 1.807) is 0 Å². The summed E-state index contributed by atoms with van der Waals surface area (Å²) < 4.78 is 26.4. The minimum absolute atomic E-state index is 0.465. The van der Waals surface area contributed by atoms with Crippen molar-refractivity contribution in [1.29, 1.82) is 5.26 Å². The Labute approximate surface area is 125 Å². The zero-order valence-corrected chi connectivity index (χ0v) is 14.1. The highest BCUT2D eigenvalue weighted by molar-refractivity contribution is 7.90. The van der Waals surface area contributed by atoms with Crippen molar-refractivity contribution in [2.45, 2.75) is 77.4 Å². The van der Waals surface area contributed by atoms with Gasteiger partial charge in [0.25, 0.3) is 0 Å². The Morgan fingerprint density at radius 2 is 1.50 bits per heavy atom. The van der Waals surface area contributed by atoms with Crippen LogP contribution in [-0.2, 0) is 10.0 Å². The van der Waals surface area contributed by atoms with Crippen LogP contribution in [0.3, 0.4) is 0 Å². The van der Waals surface area contributed by atoms with Gasteiger partial charge in [-0.1, -0.05) is 52.9 Å². The van der Waals surface area contributed by atoms with Gasteiger partial charge in [0.05, 0.1) is 6.07 Å². The van der Waals surface area contributed by atoms with Crippen molar-refractivity contribution in [1.82, 2.24) is 4.31 Å². The number of hydrogen-bond donors (Lipinski definition) is 0. The molecule has 0 rings (SSSR count). The van der Waals surface area contributed by atoms with Crippen LogP contribution in [0.1, 0.15) is 72.1 Å². The predicted octanol–water partition coefficient (Wildman–Crippen LogP) is 3.69. The maximum absolute atomic E-state index is 12.5. The van der Waals surface area contributed by atoms with Crippen LogP contribution in [0.25, 0.3) is 0 Å². The topological polar surface area (TPSA) is 61.2 Å². The first-order valence-corrected chi connectivity index (χ1v) is 9.43. The standard InChI is InChI=1S/C15H30N2O2S/c1-4-7-8-9-10-11-15(14-16)20(18,19)17(12-5-2)13-6-3/h15H,4-13H2,1-3H3. The fourth-order valence-electron chi connectivity index (χ4n) is 2.26. The Hall–Kier alpha value is -0.600. The molecule has 0 spiro atoms. The van der Waals surface area contributed by atoms with E-state index in [1.807, 2.05) is 19.9 Å². The fourth-order valence-corrected chi connectivity index (χ4v) is 4.09. The van der Waals surface area contributed by atoms with Gasteiger partial charge in [-0.15, -0.1) is 0 Å². The lowest BCUT2D eigenvalue weighted by Crippen LogP contribution is -2.39. The Balaban J connectivity index is 4.54. The van der Waals surface area contributed by atoms with Gasteiger partial charge in [-0.3, -0.25) is 0 Å². The predicted molar refractivity (Wildman–Crippen MR) is 83.9 cm³/mol. The third-order valence-electron chi connectivity index (χ3n) is 3.38. The number of nitriles is 1. The van der Waals surface area contributed by atoms with Gasteiger partial charge in [0.15, 0.2) is 5.25 Å². The molecule has 0 aromatic carbocycles. The Morgan fingerprint density at radius 1 is 0.950 bits per heavy atom. The quantitative estimate of drug-likeness (QED) is 0.516. The van der Waals surface area contributed by atoms with Crippen molar-refractivity contribution in [2.75, 3.05) is 13.1 Å². The SMILES string of the molecule is CCCCCCCC(C#N)S(=O)(=O)N(CCC)CCC. The number of sulfonamides is 1. The number of nitrogens with zero attached hydrogens (tertiary/aromatic N) is 2. The van der Waals surface area contributed by atoms with Crippen LogP contribution in [0.4, 0.5) is 0 Å². The zero-order chi connectivity index (χ0) is 15.4. The smallest absolute Gasteiger partial charge is 0.211 e. The molecule has 0 bridgehead atoms. The molecule has 0 aliphatic heterocycles. The summed E-state index contributed by atoms with van der Waals surface area (Å²) in [4.78, 5) is 0. The second kappa shape index (κ2) is 11.1. The molecule has 1 unspecified atom stereocenters. The van der Waals surface area contributed by atoms with Crippen LogP contribution in [-0.4, -0.2) is 31.1 Å². The van der Waals surface area contributed by atoms with Crippen molar-refractivity contribution in [3.63, 3.8) is 0 Å². The summed E-state index contributed by atoms with van der Waals surface area (Å²) in [7, 11) is -3.46. The molecule has 0 saturated heterocycles. The molecule has 0 N–H and O–H groups in total. The van der Waals surface area contributed by atoms with E-state index in [9.17, 15) is 13.7 Å². The molecular weight excluding hydrogens is 272 g/mol. The summed E-state index contributed by atoms with van der Waals surface area (Å²) in [5.41, 5.74) is 0. The Kier molecular flexibility index (Phi) is 10.8. The summed E-state index contributed by atoms with van der Waals surface area (Å²) >= 11 is 0. The molecule has 0 aliphatic rings. The van der Waals surface area contributed by atoms with Gasteiger partial charge in [0.2, 0.25) is 10.0 Å².